The highest BCUT2D eigenvalue weighted by Gasteiger charge is 2.16. The highest BCUT2D eigenvalue weighted by molar-refractivity contribution is 5.54. The normalized spacial score (nSPS) is 23.2. The van der Waals surface area contributed by atoms with Crippen molar-refractivity contribution in [2.75, 3.05) is 44.4 Å². The molecule has 3 rings (SSSR count). The van der Waals surface area contributed by atoms with Crippen molar-refractivity contribution in [1.29, 1.82) is 0 Å². The predicted octanol–water partition coefficient (Wildman–Crippen LogP) is 1.79. The molecule has 4 heteroatoms. The molecule has 1 unspecified atom stereocenters. The minimum atomic E-state index is 0.197. The van der Waals surface area contributed by atoms with Crippen LogP contribution in [0.2, 0.25) is 0 Å². The Morgan fingerprint density at radius 3 is 2.80 bits per heavy atom. The van der Waals surface area contributed by atoms with Crippen molar-refractivity contribution in [3.05, 3.63) is 29.8 Å². The Labute approximate surface area is 121 Å². The largest absolute Gasteiger partial charge is 0.376 e. The SMILES string of the molecule is c1ccc(N2CCCC2)c(CNCC2COCCO2)c1. The first-order chi connectivity index (χ1) is 9.93. The third kappa shape index (κ3) is 3.51. The highest BCUT2D eigenvalue weighted by atomic mass is 16.6. The molecule has 1 N–H and O–H groups in total. The molecule has 0 amide bonds. The zero-order valence-electron chi connectivity index (χ0n) is 12.0. The van der Waals surface area contributed by atoms with Crippen molar-refractivity contribution in [2.45, 2.75) is 25.5 Å². The zero-order valence-corrected chi connectivity index (χ0v) is 12.0. The second kappa shape index (κ2) is 7.07. The number of para-hydroxylation sites is 1. The van der Waals surface area contributed by atoms with Gasteiger partial charge in [0.05, 0.1) is 25.9 Å². The lowest BCUT2D eigenvalue weighted by atomic mass is 10.1. The molecule has 0 saturated carbocycles. The molecule has 2 aliphatic heterocycles. The van der Waals surface area contributed by atoms with Crippen LogP contribution in [0.3, 0.4) is 0 Å². The number of nitrogens with one attached hydrogen (secondary N) is 1. The molecule has 1 atom stereocenters. The van der Waals surface area contributed by atoms with E-state index in [0.717, 1.165) is 26.3 Å². The molecule has 1 aromatic carbocycles. The standard InChI is InChI=1S/C16H24N2O2/c1-2-6-16(18-7-3-4-8-18)14(5-1)11-17-12-15-13-19-9-10-20-15/h1-2,5-6,15,17H,3-4,7-13H2. The van der Waals surface area contributed by atoms with Gasteiger partial charge >= 0.3 is 0 Å². The van der Waals surface area contributed by atoms with Crippen molar-refractivity contribution < 1.29 is 9.47 Å². The maximum Gasteiger partial charge on any atom is 0.0933 e. The smallest absolute Gasteiger partial charge is 0.0933 e. The summed E-state index contributed by atoms with van der Waals surface area (Å²) in [5.41, 5.74) is 2.77. The number of hydrogen-bond acceptors (Lipinski definition) is 4. The van der Waals surface area contributed by atoms with Gasteiger partial charge in [-0.15, -0.1) is 0 Å². The number of nitrogens with zero attached hydrogens (tertiary/aromatic N) is 1. The van der Waals surface area contributed by atoms with E-state index in [1.165, 1.54) is 37.2 Å². The molecule has 4 nitrogen and oxygen atoms in total. The summed E-state index contributed by atoms with van der Waals surface area (Å²) >= 11 is 0. The third-order valence-corrected chi connectivity index (χ3v) is 4.01. The van der Waals surface area contributed by atoms with Crippen LogP contribution >= 0.6 is 0 Å². The Morgan fingerprint density at radius 1 is 1.15 bits per heavy atom. The summed E-state index contributed by atoms with van der Waals surface area (Å²) in [5.74, 6) is 0. The van der Waals surface area contributed by atoms with E-state index in [-0.39, 0.29) is 6.10 Å². The van der Waals surface area contributed by atoms with Gasteiger partial charge in [0.1, 0.15) is 0 Å². The second-order valence-corrected chi connectivity index (χ2v) is 5.52. The van der Waals surface area contributed by atoms with E-state index in [1.807, 2.05) is 0 Å². The van der Waals surface area contributed by atoms with Crippen LogP contribution in [-0.4, -0.2) is 45.6 Å². The number of hydrogen-bond donors (Lipinski definition) is 1. The molecule has 2 saturated heterocycles. The molecule has 0 bridgehead atoms. The van der Waals surface area contributed by atoms with Crippen LogP contribution in [0.25, 0.3) is 0 Å². The minimum absolute atomic E-state index is 0.197. The van der Waals surface area contributed by atoms with E-state index >= 15 is 0 Å². The Kier molecular flexibility index (Phi) is 4.90. The van der Waals surface area contributed by atoms with Gasteiger partial charge < -0.3 is 19.7 Å². The van der Waals surface area contributed by atoms with Crippen molar-refractivity contribution in [3.8, 4) is 0 Å². The lowest BCUT2D eigenvalue weighted by Crippen LogP contribution is -2.37. The van der Waals surface area contributed by atoms with Crippen LogP contribution in [0, 0.1) is 0 Å². The molecule has 0 radical (unpaired) electrons. The van der Waals surface area contributed by atoms with Crippen molar-refractivity contribution in [3.63, 3.8) is 0 Å². The first-order valence-electron chi connectivity index (χ1n) is 7.66. The summed E-state index contributed by atoms with van der Waals surface area (Å²) < 4.78 is 11.1. The Hall–Kier alpha value is -1.10. The van der Waals surface area contributed by atoms with E-state index in [0.29, 0.717) is 6.61 Å². The van der Waals surface area contributed by atoms with Crippen LogP contribution < -0.4 is 10.2 Å². The first-order valence-corrected chi connectivity index (χ1v) is 7.66. The lowest BCUT2D eigenvalue weighted by molar-refractivity contribution is -0.0864. The third-order valence-electron chi connectivity index (χ3n) is 4.01. The first kappa shape index (κ1) is 13.9. The van der Waals surface area contributed by atoms with Crippen LogP contribution in [-0.2, 0) is 16.0 Å². The molecule has 2 heterocycles. The maximum atomic E-state index is 5.65. The summed E-state index contributed by atoms with van der Waals surface area (Å²) in [5, 5.41) is 3.50. The van der Waals surface area contributed by atoms with Crippen molar-refractivity contribution in [1.82, 2.24) is 5.32 Å². The van der Waals surface area contributed by atoms with Crippen LogP contribution in [0.1, 0.15) is 18.4 Å². The van der Waals surface area contributed by atoms with Crippen LogP contribution in [0.15, 0.2) is 24.3 Å². The molecule has 0 aliphatic carbocycles. The summed E-state index contributed by atoms with van der Waals surface area (Å²) in [7, 11) is 0. The minimum Gasteiger partial charge on any atom is -0.376 e. The fourth-order valence-electron chi connectivity index (χ4n) is 2.95. The molecule has 0 spiro atoms. The summed E-state index contributed by atoms with van der Waals surface area (Å²) in [6.07, 6.45) is 2.83. The Balaban J connectivity index is 1.53. The number of ether oxygens (including phenoxy) is 2. The average Bonchev–Trinajstić information content (AvgIpc) is 3.03. The summed E-state index contributed by atoms with van der Waals surface area (Å²) in [6, 6.07) is 8.72. The summed E-state index contributed by atoms with van der Waals surface area (Å²) in [6.45, 7) is 6.29. The fourth-order valence-corrected chi connectivity index (χ4v) is 2.95. The summed E-state index contributed by atoms with van der Waals surface area (Å²) in [4.78, 5) is 2.50. The lowest BCUT2D eigenvalue weighted by Gasteiger charge is -2.24. The van der Waals surface area contributed by atoms with Gasteiger partial charge in [-0.05, 0) is 24.5 Å². The number of rotatable bonds is 5. The molecule has 2 aliphatic rings. The molecule has 110 valence electrons. The molecular formula is C16H24N2O2. The van der Waals surface area contributed by atoms with E-state index in [2.05, 4.69) is 34.5 Å². The van der Waals surface area contributed by atoms with Crippen LogP contribution in [0.4, 0.5) is 5.69 Å². The van der Waals surface area contributed by atoms with Gasteiger partial charge in [-0.2, -0.15) is 0 Å². The number of benzene rings is 1. The Bertz CT molecular complexity index is 413. The quantitative estimate of drug-likeness (QED) is 0.889. The Morgan fingerprint density at radius 2 is 2.00 bits per heavy atom. The highest BCUT2D eigenvalue weighted by Crippen LogP contribution is 2.24. The molecule has 1 aromatic rings. The molecular weight excluding hydrogens is 252 g/mol. The van der Waals surface area contributed by atoms with Gasteiger partial charge in [-0.3, -0.25) is 0 Å². The van der Waals surface area contributed by atoms with Gasteiger partial charge in [0.15, 0.2) is 0 Å². The predicted molar refractivity (Wildman–Crippen MR) is 80.2 cm³/mol. The molecule has 2 fully saturated rings. The van der Waals surface area contributed by atoms with Crippen molar-refractivity contribution in [2.24, 2.45) is 0 Å². The average molecular weight is 276 g/mol. The van der Waals surface area contributed by atoms with Gasteiger partial charge in [-0.25, -0.2) is 0 Å². The zero-order chi connectivity index (χ0) is 13.6. The molecule has 20 heavy (non-hydrogen) atoms. The van der Waals surface area contributed by atoms with Gasteiger partial charge in [0, 0.05) is 31.9 Å². The van der Waals surface area contributed by atoms with E-state index in [4.69, 9.17) is 9.47 Å². The van der Waals surface area contributed by atoms with Gasteiger partial charge in [-0.1, -0.05) is 18.2 Å². The monoisotopic (exact) mass is 276 g/mol. The van der Waals surface area contributed by atoms with E-state index in [1.54, 1.807) is 0 Å². The second-order valence-electron chi connectivity index (χ2n) is 5.52. The van der Waals surface area contributed by atoms with Gasteiger partial charge in [0.25, 0.3) is 0 Å². The molecule has 0 aromatic heterocycles. The van der Waals surface area contributed by atoms with E-state index in [9.17, 15) is 0 Å². The van der Waals surface area contributed by atoms with Crippen molar-refractivity contribution >= 4 is 5.69 Å². The fraction of sp³-hybridized carbons (Fsp3) is 0.625. The van der Waals surface area contributed by atoms with Crippen LogP contribution in [0.5, 0.6) is 0 Å². The maximum absolute atomic E-state index is 5.65. The van der Waals surface area contributed by atoms with E-state index < -0.39 is 0 Å². The topological polar surface area (TPSA) is 33.7 Å². The van der Waals surface area contributed by atoms with Gasteiger partial charge in [0.2, 0.25) is 0 Å². The number of anilines is 1.